The second kappa shape index (κ2) is 12.2. The molecule has 0 saturated heterocycles. The van der Waals surface area contributed by atoms with Crippen LogP contribution in [0.3, 0.4) is 0 Å². The maximum atomic E-state index is 13.1. The minimum atomic E-state index is -4.53. The first kappa shape index (κ1) is 27.4. The summed E-state index contributed by atoms with van der Waals surface area (Å²) in [5.41, 5.74) is 0.193. The molecule has 0 aliphatic rings. The number of rotatable bonds is 8. The summed E-state index contributed by atoms with van der Waals surface area (Å²) in [7, 11) is 0. The molecule has 0 fully saturated rings. The fraction of sp³-hybridized carbons (Fsp3) is 0.222. The van der Waals surface area contributed by atoms with E-state index in [-0.39, 0.29) is 11.3 Å². The number of hydrogen-bond acceptors (Lipinski definition) is 3. The van der Waals surface area contributed by atoms with Crippen molar-refractivity contribution >= 4 is 35.2 Å². The van der Waals surface area contributed by atoms with Gasteiger partial charge in [-0.3, -0.25) is 9.79 Å². The van der Waals surface area contributed by atoms with Crippen LogP contribution in [0.1, 0.15) is 36.2 Å². The normalized spacial score (nSPS) is 12.3. The van der Waals surface area contributed by atoms with Crippen LogP contribution in [-0.2, 0) is 6.18 Å². The van der Waals surface area contributed by atoms with Crippen LogP contribution in [0.25, 0.3) is 0 Å². The molecule has 37 heavy (non-hydrogen) atoms. The molecule has 3 rings (SSSR count). The molecule has 10 heteroatoms. The molecular weight excluding hydrogens is 488 g/mol. The SMILES string of the molecule is CCCN(C(=O)Nc1cccc(C(F)(F)F)c1)C(C)C=Nc1ccccc1C(=O)Nc1ccc(F)cc1. The Morgan fingerprint density at radius 2 is 1.68 bits per heavy atom. The summed E-state index contributed by atoms with van der Waals surface area (Å²) < 4.78 is 52.2. The number of amides is 3. The number of urea groups is 1. The van der Waals surface area contributed by atoms with Gasteiger partial charge in [0.2, 0.25) is 0 Å². The van der Waals surface area contributed by atoms with Crippen molar-refractivity contribution in [2.75, 3.05) is 17.2 Å². The summed E-state index contributed by atoms with van der Waals surface area (Å²) in [4.78, 5) is 31.5. The number of carbonyl (C=O) groups excluding carboxylic acids is 2. The number of nitrogens with one attached hydrogen (secondary N) is 2. The third-order valence-electron chi connectivity index (χ3n) is 5.34. The number of alkyl halides is 3. The Morgan fingerprint density at radius 1 is 0.973 bits per heavy atom. The second-order valence-corrected chi connectivity index (χ2v) is 8.20. The fourth-order valence-corrected chi connectivity index (χ4v) is 3.48. The van der Waals surface area contributed by atoms with Gasteiger partial charge in [-0.15, -0.1) is 0 Å². The van der Waals surface area contributed by atoms with Gasteiger partial charge in [0.1, 0.15) is 5.82 Å². The zero-order valence-electron chi connectivity index (χ0n) is 20.2. The van der Waals surface area contributed by atoms with Crippen molar-refractivity contribution in [2.24, 2.45) is 4.99 Å². The molecule has 0 aromatic heterocycles. The van der Waals surface area contributed by atoms with Crippen molar-refractivity contribution in [1.29, 1.82) is 0 Å². The maximum Gasteiger partial charge on any atom is 0.416 e. The molecule has 3 amide bonds. The van der Waals surface area contributed by atoms with E-state index in [4.69, 9.17) is 0 Å². The van der Waals surface area contributed by atoms with Crippen LogP contribution in [0.15, 0.2) is 77.8 Å². The summed E-state index contributed by atoms with van der Waals surface area (Å²) in [5, 5.41) is 5.20. The van der Waals surface area contributed by atoms with E-state index in [0.717, 1.165) is 12.1 Å². The predicted molar refractivity (Wildman–Crippen MR) is 136 cm³/mol. The Balaban J connectivity index is 1.75. The van der Waals surface area contributed by atoms with Gasteiger partial charge >= 0.3 is 12.2 Å². The zero-order chi connectivity index (χ0) is 27.0. The van der Waals surface area contributed by atoms with E-state index >= 15 is 0 Å². The Kier molecular flexibility index (Phi) is 9.00. The van der Waals surface area contributed by atoms with E-state index in [1.165, 1.54) is 47.5 Å². The molecule has 0 radical (unpaired) electrons. The smallest absolute Gasteiger partial charge is 0.322 e. The van der Waals surface area contributed by atoms with Crippen molar-refractivity contribution < 1.29 is 27.2 Å². The molecule has 0 spiro atoms. The molecular formula is C27H26F4N4O2. The highest BCUT2D eigenvalue weighted by Gasteiger charge is 2.30. The number of hydrogen-bond donors (Lipinski definition) is 2. The Morgan fingerprint density at radius 3 is 2.35 bits per heavy atom. The van der Waals surface area contributed by atoms with Crippen molar-refractivity contribution in [1.82, 2.24) is 4.90 Å². The van der Waals surface area contributed by atoms with Crippen molar-refractivity contribution in [3.05, 3.63) is 89.7 Å². The van der Waals surface area contributed by atoms with Gasteiger partial charge in [-0.25, -0.2) is 9.18 Å². The van der Waals surface area contributed by atoms with E-state index in [9.17, 15) is 27.2 Å². The lowest BCUT2D eigenvalue weighted by atomic mass is 10.1. The first-order valence-electron chi connectivity index (χ1n) is 11.5. The lowest BCUT2D eigenvalue weighted by Crippen LogP contribution is -2.42. The first-order chi connectivity index (χ1) is 17.6. The Bertz CT molecular complexity index is 1260. The minimum Gasteiger partial charge on any atom is -0.322 e. The molecule has 3 aromatic rings. The molecule has 0 saturated carbocycles. The van der Waals surface area contributed by atoms with Crippen LogP contribution in [0.5, 0.6) is 0 Å². The van der Waals surface area contributed by atoms with Gasteiger partial charge < -0.3 is 15.5 Å². The molecule has 1 atom stereocenters. The molecule has 0 aliphatic carbocycles. The third kappa shape index (κ3) is 7.63. The minimum absolute atomic E-state index is 0.0212. The van der Waals surface area contributed by atoms with E-state index in [0.29, 0.717) is 24.3 Å². The quantitative estimate of drug-likeness (QED) is 0.248. The molecule has 6 nitrogen and oxygen atoms in total. The number of carbonyl (C=O) groups is 2. The van der Waals surface area contributed by atoms with Crippen LogP contribution in [0, 0.1) is 5.82 Å². The standard InChI is InChI=1S/C27H26F4N4O2/c1-3-15-35(26(37)34-22-8-6-7-19(16-22)27(29,30)31)18(2)17-32-24-10-5-4-9-23(24)25(36)33-21-13-11-20(28)12-14-21/h4-14,16-18H,3,15H2,1-2H3,(H,33,36)(H,34,37). The van der Waals surface area contributed by atoms with Gasteiger partial charge in [0, 0.05) is 24.1 Å². The highest BCUT2D eigenvalue weighted by Crippen LogP contribution is 2.30. The third-order valence-corrected chi connectivity index (χ3v) is 5.34. The lowest BCUT2D eigenvalue weighted by Gasteiger charge is -2.27. The summed E-state index contributed by atoms with van der Waals surface area (Å²) in [6.45, 7) is 3.90. The summed E-state index contributed by atoms with van der Waals surface area (Å²) in [6, 6.07) is 15.2. The molecule has 0 heterocycles. The van der Waals surface area contributed by atoms with E-state index in [1.807, 2.05) is 6.92 Å². The molecule has 0 aliphatic heterocycles. The van der Waals surface area contributed by atoms with Gasteiger partial charge in [-0.2, -0.15) is 13.2 Å². The highest BCUT2D eigenvalue weighted by molar-refractivity contribution is 6.08. The topological polar surface area (TPSA) is 73.8 Å². The zero-order valence-corrected chi connectivity index (χ0v) is 20.2. The molecule has 2 N–H and O–H groups in total. The van der Waals surface area contributed by atoms with Crippen LogP contribution in [0.2, 0.25) is 0 Å². The van der Waals surface area contributed by atoms with Crippen LogP contribution in [-0.4, -0.2) is 35.6 Å². The van der Waals surface area contributed by atoms with E-state index in [1.54, 1.807) is 31.2 Å². The van der Waals surface area contributed by atoms with Crippen molar-refractivity contribution in [3.63, 3.8) is 0 Å². The van der Waals surface area contributed by atoms with E-state index < -0.39 is 35.5 Å². The number of para-hydroxylation sites is 1. The average molecular weight is 515 g/mol. The summed E-state index contributed by atoms with van der Waals surface area (Å²) >= 11 is 0. The number of anilines is 2. The van der Waals surface area contributed by atoms with Crippen LogP contribution in [0.4, 0.5) is 39.4 Å². The highest BCUT2D eigenvalue weighted by atomic mass is 19.4. The van der Waals surface area contributed by atoms with Gasteiger partial charge in [-0.1, -0.05) is 25.1 Å². The van der Waals surface area contributed by atoms with Gasteiger partial charge in [-0.05, 0) is 67.9 Å². The molecule has 1 unspecified atom stereocenters. The Labute approximate surface area is 212 Å². The van der Waals surface area contributed by atoms with Crippen LogP contribution >= 0.6 is 0 Å². The van der Waals surface area contributed by atoms with Gasteiger partial charge in [0.25, 0.3) is 5.91 Å². The number of benzene rings is 3. The predicted octanol–water partition coefficient (Wildman–Crippen LogP) is 7.13. The number of aliphatic imine (C=N–C) groups is 1. The monoisotopic (exact) mass is 514 g/mol. The Hall–Kier alpha value is -4.21. The van der Waals surface area contributed by atoms with E-state index in [2.05, 4.69) is 15.6 Å². The molecule has 0 bridgehead atoms. The summed E-state index contributed by atoms with van der Waals surface area (Å²) in [6.07, 6.45) is -2.43. The average Bonchev–Trinajstić information content (AvgIpc) is 2.87. The molecule has 194 valence electrons. The first-order valence-corrected chi connectivity index (χ1v) is 11.5. The van der Waals surface area contributed by atoms with Crippen molar-refractivity contribution in [3.8, 4) is 0 Å². The van der Waals surface area contributed by atoms with Gasteiger partial charge in [0.15, 0.2) is 0 Å². The number of nitrogens with zero attached hydrogens (tertiary/aromatic N) is 2. The van der Waals surface area contributed by atoms with Crippen molar-refractivity contribution in [2.45, 2.75) is 32.5 Å². The lowest BCUT2D eigenvalue weighted by molar-refractivity contribution is -0.137. The maximum absolute atomic E-state index is 13.1. The fourth-order valence-electron chi connectivity index (χ4n) is 3.48. The van der Waals surface area contributed by atoms with Gasteiger partial charge in [0.05, 0.1) is 22.9 Å². The van der Waals surface area contributed by atoms with Crippen LogP contribution < -0.4 is 10.6 Å². The number of halogens is 4. The second-order valence-electron chi connectivity index (χ2n) is 8.20. The summed E-state index contributed by atoms with van der Waals surface area (Å²) in [5.74, 6) is -0.870. The largest absolute Gasteiger partial charge is 0.416 e. The molecule has 3 aromatic carbocycles.